The van der Waals surface area contributed by atoms with E-state index in [1.165, 1.54) is 42.4 Å². The highest BCUT2D eigenvalue weighted by atomic mass is 32.1. The van der Waals surface area contributed by atoms with Crippen molar-refractivity contribution >= 4 is 34.3 Å². The number of hydrogen-bond acceptors (Lipinski definition) is 7. The normalized spacial score (nSPS) is 13.7. The summed E-state index contributed by atoms with van der Waals surface area (Å²) in [4.78, 5) is 36.7. The molecule has 9 nitrogen and oxygen atoms in total. The Kier molecular flexibility index (Phi) is 11.1. The highest BCUT2D eigenvalue weighted by Gasteiger charge is 2.36. The molecule has 0 radical (unpaired) electrons. The quantitative estimate of drug-likeness (QED) is 0.469. The first-order valence-electron chi connectivity index (χ1n) is 11.6. The van der Waals surface area contributed by atoms with E-state index < -0.39 is 23.6 Å². The first-order valence-corrected chi connectivity index (χ1v) is 12.4. The number of nitrogens with two attached hydrogens (primary N) is 1. The third-order valence-corrected chi connectivity index (χ3v) is 6.40. The Morgan fingerprint density at radius 2 is 1.67 bits per heavy atom. The lowest BCUT2D eigenvalue weighted by Gasteiger charge is -2.34. The van der Waals surface area contributed by atoms with Gasteiger partial charge in [0, 0.05) is 32.6 Å². The Morgan fingerprint density at radius 1 is 1.03 bits per heavy atom. The van der Waals surface area contributed by atoms with Crippen LogP contribution in [0.4, 0.5) is 18.3 Å². The Balaban J connectivity index is 0.000000388. The standard InChI is InChI=1S/C15H13F3N4O3S.C8H17NO/c16-15(17,18)10-4-2-1-3-9(10)12(23)21-5-7-22(8-6-21)14-20-19-11(26-14)13(24)25;1-2-3-4-5-6-7-8(9)10/h1-4H,5-8H2,(H,24,25);2-7H2,1H3,(H2,9,10). The Labute approximate surface area is 211 Å². The number of primary amides is 1. The summed E-state index contributed by atoms with van der Waals surface area (Å²) in [6.07, 6.45) is 1.84. The lowest BCUT2D eigenvalue weighted by atomic mass is 10.1. The van der Waals surface area contributed by atoms with Gasteiger partial charge in [-0.3, -0.25) is 9.59 Å². The van der Waals surface area contributed by atoms with E-state index in [4.69, 9.17) is 10.8 Å². The van der Waals surface area contributed by atoms with E-state index in [0.29, 0.717) is 24.6 Å². The first kappa shape index (κ1) is 29.0. The fourth-order valence-corrected chi connectivity index (χ4v) is 4.26. The van der Waals surface area contributed by atoms with Gasteiger partial charge >= 0.3 is 12.1 Å². The lowest BCUT2D eigenvalue weighted by Crippen LogP contribution is -2.49. The maximum atomic E-state index is 13.1. The zero-order valence-electron chi connectivity index (χ0n) is 20.0. The molecule has 2 heterocycles. The van der Waals surface area contributed by atoms with Crippen molar-refractivity contribution in [2.45, 2.75) is 51.6 Å². The number of amides is 2. The molecule has 1 aliphatic rings. The zero-order chi connectivity index (χ0) is 26.7. The molecule has 1 aliphatic heterocycles. The highest BCUT2D eigenvalue weighted by molar-refractivity contribution is 7.17. The number of rotatable bonds is 9. The molecule has 36 heavy (non-hydrogen) atoms. The summed E-state index contributed by atoms with van der Waals surface area (Å²) in [7, 11) is 0. The molecule has 0 aliphatic carbocycles. The van der Waals surface area contributed by atoms with Gasteiger partial charge in [-0.05, 0) is 18.6 Å². The fourth-order valence-electron chi connectivity index (χ4n) is 3.52. The Hall–Kier alpha value is -3.22. The summed E-state index contributed by atoms with van der Waals surface area (Å²) in [5.74, 6) is -2.02. The van der Waals surface area contributed by atoms with Crippen LogP contribution in [0.2, 0.25) is 0 Å². The van der Waals surface area contributed by atoms with Gasteiger partial charge in [0.25, 0.3) is 5.91 Å². The van der Waals surface area contributed by atoms with Gasteiger partial charge in [0.2, 0.25) is 16.0 Å². The fraction of sp³-hybridized carbons (Fsp3) is 0.522. The molecule has 1 fully saturated rings. The van der Waals surface area contributed by atoms with E-state index >= 15 is 0 Å². The van der Waals surface area contributed by atoms with Crippen molar-refractivity contribution in [3.63, 3.8) is 0 Å². The summed E-state index contributed by atoms with van der Waals surface area (Å²) < 4.78 is 39.3. The molecule has 1 saturated heterocycles. The van der Waals surface area contributed by atoms with Gasteiger partial charge in [-0.15, -0.1) is 10.2 Å². The molecule has 3 rings (SSSR count). The predicted molar refractivity (Wildman–Crippen MR) is 129 cm³/mol. The van der Waals surface area contributed by atoms with Crippen molar-refractivity contribution in [2.75, 3.05) is 31.1 Å². The van der Waals surface area contributed by atoms with E-state index in [9.17, 15) is 27.6 Å². The number of alkyl halides is 3. The number of carbonyl (C=O) groups excluding carboxylic acids is 2. The number of hydrogen-bond donors (Lipinski definition) is 2. The molecule has 0 atom stereocenters. The molecule has 2 aromatic rings. The summed E-state index contributed by atoms with van der Waals surface area (Å²) in [5.41, 5.74) is 3.64. The van der Waals surface area contributed by atoms with Gasteiger partial charge in [-0.25, -0.2) is 4.79 Å². The maximum absolute atomic E-state index is 13.1. The van der Waals surface area contributed by atoms with Crippen molar-refractivity contribution in [3.8, 4) is 0 Å². The number of carboxylic acids is 1. The van der Waals surface area contributed by atoms with Gasteiger partial charge in [-0.1, -0.05) is 56.1 Å². The number of unbranched alkanes of at least 4 members (excludes halogenated alkanes) is 4. The van der Waals surface area contributed by atoms with E-state index in [-0.39, 0.29) is 29.6 Å². The predicted octanol–water partition coefficient (Wildman–Crippen LogP) is 4.05. The molecule has 2 amide bonds. The first-order chi connectivity index (χ1) is 17.0. The SMILES string of the molecule is CCCCCCCC(N)=O.O=C(O)c1nnc(N2CCN(C(=O)c3ccccc3C(F)(F)F)CC2)s1. The van der Waals surface area contributed by atoms with Crippen LogP contribution in [0.15, 0.2) is 24.3 Å². The van der Waals surface area contributed by atoms with Gasteiger partial charge in [0.05, 0.1) is 11.1 Å². The molecule has 1 aromatic heterocycles. The molecule has 0 saturated carbocycles. The number of benzene rings is 1. The van der Waals surface area contributed by atoms with Gasteiger partial charge < -0.3 is 20.6 Å². The number of carboxylic acid groups (broad SMARTS) is 1. The minimum Gasteiger partial charge on any atom is -0.476 e. The smallest absolute Gasteiger partial charge is 0.417 e. The van der Waals surface area contributed by atoms with Crippen molar-refractivity contribution in [2.24, 2.45) is 5.73 Å². The summed E-state index contributed by atoms with van der Waals surface area (Å²) in [6.45, 7) is 3.23. The highest BCUT2D eigenvalue weighted by Crippen LogP contribution is 2.32. The molecule has 0 bridgehead atoms. The minimum absolute atomic E-state index is 0.141. The molecular formula is C23H30F3N5O4S. The third-order valence-electron chi connectivity index (χ3n) is 5.42. The molecule has 3 N–H and O–H groups in total. The number of halogens is 3. The molecular weight excluding hydrogens is 499 g/mol. The van der Waals surface area contributed by atoms with Crippen molar-refractivity contribution < 1.29 is 32.7 Å². The van der Waals surface area contributed by atoms with Crippen molar-refractivity contribution in [3.05, 3.63) is 40.4 Å². The van der Waals surface area contributed by atoms with Crippen LogP contribution >= 0.6 is 11.3 Å². The van der Waals surface area contributed by atoms with Crippen LogP contribution in [0, 0.1) is 0 Å². The average molecular weight is 530 g/mol. The van der Waals surface area contributed by atoms with Crippen molar-refractivity contribution in [1.82, 2.24) is 15.1 Å². The van der Waals surface area contributed by atoms with Crippen LogP contribution in [-0.4, -0.2) is 64.2 Å². The lowest BCUT2D eigenvalue weighted by molar-refractivity contribution is -0.138. The number of aromatic nitrogens is 2. The van der Waals surface area contributed by atoms with Crippen molar-refractivity contribution in [1.29, 1.82) is 0 Å². The number of nitrogens with zero attached hydrogens (tertiary/aromatic N) is 4. The number of aromatic carboxylic acids is 1. The van der Waals surface area contributed by atoms with E-state index in [0.717, 1.165) is 30.2 Å². The third kappa shape index (κ3) is 8.77. The zero-order valence-corrected chi connectivity index (χ0v) is 20.8. The summed E-state index contributed by atoms with van der Waals surface area (Å²) in [6, 6.07) is 4.69. The summed E-state index contributed by atoms with van der Waals surface area (Å²) >= 11 is 0.911. The molecule has 13 heteroatoms. The largest absolute Gasteiger partial charge is 0.476 e. The van der Waals surface area contributed by atoms with E-state index in [2.05, 4.69) is 17.1 Å². The van der Waals surface area contributed by atoms with E-state index in [1.54, 1.807) is 4.90 Å². The van der Waals surface area contributed by atoms with Crippen LogP contribution < -0.4 is 10.6 Å². The van der Waals surface area contributed by atoms with Crippen LogP contribution in [0.1, 0.15) is 71.2 Å². The Morgan fingerprint density at radius 3 is 2.22 bits per heavy atom. The number of anilines is 1. The van der Waals surface area contributed by atoms with Crippen LogP contribution in [0.25, 0.3) is 0 Å². The number of carbonyl (C=O) groups is 3. The topological polar surface area (TPSA) is 130 Å². The van der Waals surface area contributed by atoms with Gasteiger partial charge in [-0.2, -0.15) is 13.2 Å². The molecule has 1 aromatic carbocycles. The van der Waals surface area contributed by atoms with Gasteiger partial charge in [0.1, 0.15) is 0 Å². The molecule has 0 unspecified atom stereocenters. The van der Waals surface area contributed by atoms with E-state index in [1.807, 2.05) is 0 Å². The Bertz CT molecular complexity index is 1020. The monoisotopic (exact) mass is 529 g/mol. The summed E-state index contributed by atoms with van der Waals surface area (Å²) in [5, 5.41) is 16.5. The maximum Gasteiger partial charge on any atom is 0.417 e. The second-order valence-corrected chi connectivity index (χ2v) is 9.10. The second kappa shape index (κ2) is 13.8. The second-order valence-electron chi connectivity index (χ2n) is 8.15. The van der Waals surface area contributed by atoms with Crippen LogP contribution in [0.5, 0.6) is 0 Å². The van der Waals surface area contributed by atoms with Crippen LogP contribution in [-0.2, 0) is 11.0 Å². The molecule has 198 valence electrons. The average Bonchev–Trinajstić information content (AvgIpc) is 3.34. The van der Waals surface area contributed by atoms with Crippen LogP contribution in [0.3, 0.4) is 0 Å². The van der Waals surface area contributed by atoms with Gasteiger partial charge in [0.15, 0.2) is 0 Å². The molecule has 0 spiro atoms. The number of piperazine rings is 1. The minimum atomic E-state index is -4.60.